The van der Waals surface area contributed by atoms with Gasteiger partial charge in [-0.25, -0.2) is 9.97 Å². The monoisotopic (exact) mass is 351 g/mol. The quantitative estimate of drug-likeness (QED) is 0.842. The van der Waals surface area contributed by atoms with E-state index < -0.39 is 0 Å². The molecular formula is C15H18ClN5OS. The molecule has 23 heavy (non-hydrogen) atoms. The third kappa shape index (κ3) is 3.00. The predicted molar refractivity (Wildman–Crippen MR) is 91.3 cm³/mol. The Hall–Kier alpha value is -1.44. The molecule has 8 heteroatoms. The van der Waals surface area contributed by atoms with E-state index in [2.05, 4.69) is 24.1 Å². The van der Waals surface area contributed by atoms with Crippen molar-refractivity contribution < 1.29 is 4.74 Å². The molecule has 0 amide bonds. The molecule has 6 nitrogen and oxygen atoms in total. The third-order valence-electron chi connectivity index (χ3n) is 4.52. The molecule has 2 aromatic heterocycles. The van der Waals surface area contributed by atoms with Gasteiger partial charge in [-0.3, -0.25) is 0 Å². The zero-order chi connectivity index (χ0) is 15.8. The van der Waals surface area contributed by atoms with E-state index in [1.165, 1.54) is 11.5 Å². The first-order chi connectivity index (χ1) is 11.2. The van der Waals surface area contributed by atoms with Gasteiger partial charge in [-0.15, -0.1) is 0 Å². The number of aromatic nitrogens is 3. The van der Waals surface area contributed by atoms with Gasteiger partial charge in [0.25, 0.3) is 0 Å². The maximum Gasteiger partial charge on any atom is 0.205 e. The molecule has 0 saturated carbocycles. The van der Waals surface area contributed by atoms with E-state index in [1.807, 2.05) is 12.1 Å². The normalized spacial score (nSPS) is 23.6. The van der Waals surface area contributed by atoms with Gasteiger partial charge in [-0.1, -0.05) is 11.6 Å². The number of anilines is 2. The zero-order valence-corrected chi connectivity index (χ0v) is 14.4. The minimum Gasteiger partial charge on any atom is -0.377 e. The fourth-order valence-electron chi connectivity index (χ4n) is 3.45. The van der Waals surface area contributed by atoms with Crippen molar-refractivity contribution in [1.82, 2.24) is 14.3 Å². The molecular weight excluding hydrogens is 334 g/mol. The molecule has 0 bridgehead atoms. The Morgan fingerprint density at radius 3 is 2.61 bits per heavy atom. The molecule has 4 rings (SSSR count). The van der Waals surface area contributed by atoms with Crippen molar-refractivity contribution >= 4 is 34.1 Å². The molecule has 0 radical (unpaired) electrons. The number of ether oxygens (including phenoxy) is 1. The summed E-state index contributed by atoms with van der Waals surface area (Å²) in [4.78, 5) is 13.7. The van der Waals surface area contributed by atoms with Crippen LogP contribution in [0.2, 0.25) is 5.02 Å². The first-order valence-electron chi connectivity index (χ1n) is 7.66. The van der Waals surface area contributed by atoms with Crippen molar-refractivity contribution in [2.24, 2.45) is 11.8 Å². The van der Waals surface area contributed by atoms with E-state index in [1.54, 1.807) is 13.3 Å². The molecule has 4 heterocycles. The van der Waals surface area contributed by atoms with Gasteiger partial charge in [0, 0.05) is 62.9 Å². The Balaban J connectivity index is 1.40. The lowest BCUT2D eigenvalue weighted by molar-refractivity contribution is 0.179. The highest BCUT2D eigenvalue weighted by atomic mass is 35.5. The largest absolute Gasteiger partial charge is 0.377 e. The topological polar surface area (TPSA) is 54.4 Å². The highest BCUT2D eigenvalue weighted by Crippen LogP contribution is 2.36. The van der Waals surface area contributed by atoms with Crippen LogP contribution in [-0.4, -0.2) is 47.6 Å². The predicted octanol–water partition coefficient (Wildman–Crippen LogP) is 2.31. The van der Waals surface area contributed by atoms with Gasteiger partial charge in [0.05, 0.1) is 5.02 Å². The number of hydrogen-bond donors (Lipinski definition) is 0. The van der Waals surface area contributed by atoms with Crippen LogP contribution in [0, 0.1) is 11.8 Å². The van der Waals surface area contributed by atoms with Gasteiger partial charge in [-0.05, 0) is 12.1 Å². The van der Waals surface area contributed by atoms with Crippen molar-refractivity contribution in [2.45, 2.75) is 6.61 Å². The summed E-state index contributed by atoms with van der Waals surface area (Å²) in [7, 11) is 1.67. The summed E-state index contributed by atoms with van der Waals surface area (Å²) in [5, 5.41) is 1.70. The molecule has 2 saturated heterocycles. The van der Waals surface area contributed by atoms with Crippen molar-refractivity contribution in [2.75, 3.05) is 43.1 Å². The van der Waals surface area contributed by atoms with Crippen LogP contribution in [0.15, 0.2) is 18.3 Å². The molecule has 0 aliphatic carbocycles. The molecule has 2 aliphatic heterocycles. The molecule has 2 unspecified atom stereocenters. The molecule has 0 spiro atoms. The fourth-order valence-corrected chi connectivity index (χ4v) is 4.26. The van der Waals surface area contributed by atoms with E-state index >= 15 is 0 Å². The van der Waals surface area contributed by atoms with E-state index in [-0.39, 0.29) is 0 Å². The van der Waals surface area contributed by atoms with Crippen LogP contribution in [0.25, 0.3) is 0 Å². The standard InChI is InChI=1S/C15H18ClN5OS/c1-22-9-13-18-15(23-19-13)21-7-10-5-20(6-11(10)8-21)14-3-2-12(16)4-17-14/h2-4,10-11H,5-9H2,1H3. The summed E-state index contributed by atoms with van der Waals surface area (Å²) in [6.45, 7) is 4.64. The van der Waals surface area contributed by atoms with Gasteiger partial charge in [0.1, 0.15) is 12.4 Å². The van der Waals surface area contributed by atoms with Gasteiger partial charge >= 0.3 is 0 Å². The van der Waals surface area contributed by atoms with Gasteiger partial charge in [0.15, 0.2) is 5.82 Å². The van der Waals surface area contributed by atoms with Crippen LogP contribution in [0.3, 0.4) is 0 Å². The maximum atomic E-state index is 5.92. The summed E-state index contributed by atoms with van der Waals surface area (Å²) in [5.74, 6) is 3.11. The van der Waals surface area contributed by atoms with Gasteiger partial charge < -0.3 is 14.5 Å². The molecule has 0 aromatic carbocycles. The Bertz CT molecular complexity index is 665. The minimum absolute atomic E-state index is 0.479. The third-order valence-corrected chi connectivity index (χ3v) is 5.56. The first kappa shape index (κ1) is 15.1. The molecule has 2 atom stereocenters. The van der Waals surface area contributed by atoms with Gasteiger partial charge in [-0.2, -0.15) is 4.37 Å². The number of methoxy groups -OCH3 is 1. The average Bonchev–Trinajstić information content (AvgIpc) is 3.21. The van der Waals surface area contributed by atoms with Crippen LogP contribution < -0.4 is 9.80 Å². The van der Waals surface area contributed by atoms with Crippen LogP contribution in [-0.2, 0) is 11.3 Å². The average molecular weight is 352 g/mol. The van der Waals surface area contributed by atoms with Crippen molar-refractivity contribution in [3.63, 3.8) is 0 Å². The Morgan fingerprint density at radius 1 is 1.22 bits per heavy atom. The van der Waals surface area contributed by atoms with Crippen molar-refractivity contribution in [3.8, 4) is 0 Å². The highest BCUT2D eigenvalue weighted by molar-refractivity contribution is 7.09. The van der Waals surface area contributed by atoms with Crippen molar-refractivity contribution in [1.29, 1.82) is 0 Å². The van der Waals surface area contributed by atoms with E-state index in [4.69, 9.17) is 16.3 Å². The summed E-state index contributed by atoms with van der Waals surface area (Å²) in [6, 6.07) is 3.91. The molecule has 0 N–H and O–H groups in total. The minimum atomic E-state index is 0.479. The molecule has 122 valence electrons. The van der Waals surface area contributed by atoms with E-state index in [0.29, 0.717) is 23.5 Å². The number of rotatable bonds is 4. The SMILES string of the molecule is COCc1nsc(N2CC3CN(c4ccc(Cl)cn4)CC3C2)n1. The zero-order valence-electron chi connectivity index (χ0n) is 12.9. The summed E-state index contributed by atoms with van der Waals surface area (Å²) in [5.41, 5.74) is 0. The van der Waals surface area contributed by atoms with Crippen molar-refractivity contribution in [3.05, 3.63) is 29.2 Å². The number of halogens is 1. The van der Waals surface area contributed by atoms with Gasteiger partial charge in [0.2, 0.25) is 5.13 Å². The van der Waals surface area contributed by atoms with E-state index in [0.717, 1.165) is 43.0 Å². The highest BCUT2D eigenvalue weighted by Gasteiger charge is 2.41. The Labute approximate surface area is 144 Å². The Morgan fingerprint density at radius 2 is 1.96 bits per heavy atom. The van der Waals surface area contributed by atoms with Crippen LogP contribution in [0.5, 0.6) is 0 Å². The summed E-state index contributed by atoms with van der Waals surface area (Å²) < 4.78 is 9.44. The number of fused-ring (bicyclic) bond motifs is 1. The number of pyridine rings is 1. The fraction of sp³-hybridized carbons (Fsp3) is 0.533. The number of hydrogen-bond acceptors (Lipinski definition) is 7. The van der Waals surface area contributed by atoms with Crippen LogP contribution >= 0.6 is 23.1 Å². The lowest BCUT2D eigenvalue weighted by atomic mass is 10.0. The lowest BCUT2D eigenvalue weighted by Gasteiger charge is -2.21. The summed E-state index contributed by atoms with van der Waals surface area (Å²) >= 11 is 7.39. The first-order valence-corrected chi connectivity index (χ1v) is 8.81. The van der Waals surface area contributed by atoms with Crippen LogP contribution in [0.1, 0.15) is 5.82 Å². The molecule has 2 fully saturated rings. The molecule has 2 aromatic rings. The number of nitrogens with zero attached hydrogens (tertiary/aromatic N) is 5. The van der Waals surface area contributed by atoms with E-state index in [9.17, 15) is 0 Å². The second-order valence-electron chi connectivity index (χ2n) is 6.09. The second kappa shape index (κ2) is 6.22. The maximum absolute atomic E-state index is 5.92. The lowest BCUT2D eigenvalue weighted by Crippen LogP contribution is -2.29. The second-order valence-corrected chi connectivity index (χ2v) is 7.26. The smallest absolute Gasteiger partial charge is 0.205 e. The van der Waals surface area contributed by atoms with Crippen LogP contribution in [0.4, 0.5) is 10.9 Å². The molecule has 2 aliphatic rings. The Kier molecular flexibility index (Phi) is 4.09. The summed E-state index contributed by atoms with van der Waals surface area (Å²) in [6.07, 6.45) is 1.72.